The Morgan fingerprint density at radius 1 is 1.00 bits per heavy atom. The van der Waals surface area contributed by atoms with E-state index in [1.165, 1.54) is 24.3 Å². The largest absolute Gasteiger partial charge is 0.357 e. The van der Waals surface area contributed by atoms with Crippen molar-refractivity contribution in [3.8, 4) is 0 Å². The summed E-state index contributed by atoms with van der Waals surface area (Å²) in [6, 6.07) is 7.04. The normalized spacial score (nSPS) is 12.4. The van der Waals surface area contributed by atoms with Crippen LogP contribution >= 0.6 is 15.2 Å². The van der Waals surface area contributed by atoms with Crippen LogP contribution < -0.4 is 10.6 Å². The molecule has 0 spiro atoms. The summed E-state index contributed by atoms with van der Waals surface area (Å²) in [5.41, 5.74) is -0.472. The highest BCUT2D eigenvalue weighted by atomic mass is 31.2. The molecule has 2 aromatic rings. The Labute approximate surface area is 125 Å². The van der Waals surface area contributed by atoms with E-state index in [1.807, 2.05) is 0 Å². The fourth-order valence-corrected chi connectivity index (χ4v) is 4.79. The Kier molecular flexibility index (Phi) is 4.24. The molecular formula is C13H12O7P2. The minimum Gasteiger partial charge on any atom is -0.321 e. The molecule has 0 unspecified atom stereocenters. The molecule has 0 bridgehead atoms. The van der Waals surface area contributed by atoms with Crippen molar-refractivity contribution < 1.29 is 33.5 Å². The third kappa shape index (κ3) is 2.96. The van der Waals surface area contributed by atoms with Gasteiger partial charge in [-0.25, -0.2) is 0 Å². The second-order valence-corrected chi connectivity index (χ2v) is 7.57. The van der Waals surface area contributed by atoms with E-state index in [0.717, 1.165) is 6.08 Å². The van der Waals surface area contributed by atoms with Crippen LogP contribution in [0, 0.1) is 0 Å². The summed E-state index contributed by atoms with van der Waals surface area (Å²) in [6.45, 7) is 3.24. The fraction of sp³-hybridized carbons (Fsp3) is 0. The van der Waals surface area contributed by atoms with Gasteiger partial charge in [0, 0.05) is 5.56 Å². The molecule has 4 N–H and O–H groups in total. The van der Waals surface area contributed by atoms with Crippen molar-refractivity contribution in [1.29, 1.82) is 0 Å². The van der Waals surface area contributed by atoms with Crippen LogP contribution in [0.1, 0.15) is 10.4 Å². The van der Waals surface area contributed by atoms with E-state index in [9.17, 15) is 33.5 Å². The van der Waals surface area contributed by atoms with Crippen LogP contribution in [0.25, 0.3) is 10.8 Å². The number of rotatable bonds is 4. The zero-order chi connectivity index (χ0) is 16.7. The molecule has 0 aliphatic rings. The molecule has 22 heavy (non-hydrogen) atoms. The topological polar surface area (TPSA) is 132 Å². The van der Waals surface area contributed by atoms with Gasteiger partial charge in [-0.3, -0.25) is 13.9 Å². The van der Waals surface area contributed by atoms with Gasteiger partial charge in [0.1, 0.15) is 0 Å². The first kappa shape index (κ1) is 16.8. The second-order valence-electron chi connectivity index (χ2n) is 4.50. The minimum absolute atomic E-state index is 0.0187. The molecule has 2 rings (SSSR count). The van der Waals surface area contributed by atoms with Crippen LogP contribution in [-0.2, 0) is 9.13 Å². The molecule has 0 atom stereocenters. The molecule has 9 heteroatoms. The van der Waals surface area contributed by atoms with E-state index < -0.39 is 37.1 Å². The van der Waals surface area contributed by atoms with Gasteiger partial charge < -0.3 is 19.6 Å². The summed E-state index contributed by atoms with van der Waals surface area (Å²) < 4.78 is 23.5. The number of benzene rings is 2. The number of carbonyl (C=O) groups excluding carboxylic acids is 1. The van der Waals surface area contributed by atoms with Crippen molar-refractivity contribution in [2.75, 3.05) is 0 Å². The van der Waals surface area contributed by atoms with Crippen molar-refractivity contribution in [2.45, 2.75) is 0 Å². The van der Waals surface area contributed by atoms with E-state index in [4.69, 9.17) is 0 Å². The highest BCUT2D eigenvalue weighted by molar-refractivity contribution is 7.67. The molecule has 0 saturated heterocycles. The van der Waals surface area contributed by atoms with Gasteiger partial charge >= 0.3 is 15.2 Å². The number of fused-ring (bicyclic) bond motifs is 1. The lowest BCUT2D eigenvalue weighted by Crippen LogP contribution is -2.31. The lowest BCUT2D eigenvalue weighted by Gasteiger charge is -2.18. The lowest BCUT2D eigenvalue weighted by atomic mass is 10.0. The average Bonchev–Trinajstić information content (AvgIpc) is 2.42. The number of carbonyl (C=O) groups is 1. The van der Waals surface area contributed by atoms with Gasteiger partial charge in [0.2, 0.25) is 0 Å². The number of hydrogen-bond acceptors (Lipinski definition) is 3. The lowest BCUT2D eigenvalue weighted by molar-refractivity contribution is 0.104. The summed E-state index contributed by atoms with van der Waals surface area (Å²) >= 11 is 0. The Bertz CT molecular complexity index is 875. The molecule has 0 aliphatic heterocycles. The van der Waals surface area contributed by atoms with Gasteiger partial charge in [0.05, 0.1) is 10.6 Å². The van der Waals surface area contributed by atoms with Crippen LogP contribution in [0.2, 0.25) is 0 Å². The van der Waals surface area contributed by atoms with Crippen LogP contribution in [-0.4, -0.2) is 25.4 Å². The SMILES string of the molecule is C=CC(=O)c1cc2ccccc2c(P(=O)(O)O)c1P(=O)(O)O. The molecule has 0 fully saturated rings. The molecule has 0 saturated carbocycles. The molecule has 7 nitrogen and oxygen atoms in total. The average molecular weight is 342 g/mol. The summed E-state index contributed by atoms with van der Waals surface area (Å²) in [6.07, 6.45) is 0.826. The van der Waals surface area contributed by atoms with Crippen molar-refractivity contribution in [3.05, 3.63) is 48.6 Å². The molecule has 0 aromatic heterocycles. The maximum Gasteiger partial charge on any atom is 0.357 e. The number of hydrogen-bond donors (Lipinski definition) is 4. The van der Waals surface area contributed by atoms with Gasteiger partial charge in [0.25, 0.3) is 0 Å². The van der Waals surface area contributed by atoms with E-state index in [0.29, 0.717) is 0 Å². The van der Waals surface area contributed by atoms with Crippen molar-refractivity contribution in [3.63, 3.8) is 0 Å². The van der Waals surface area contributed by atoms with E-state index in [-0.39, 0.29) is 10.8 Å². The zero-order valence-corrected chi connectivity index (χ0v) is 12.9. The van der Waals surface area contributed by atoms with Crippen molar-refractivity contribution in [2.24, 2.45) is 0 Å². The molecule has 0 radical (unpaired) electrons. The fourth-order valence-electron chi connectivity index (χ4n) is 2.21. The summed E-state index contributed by atoms with van der Waals surface area (Å²) in [7, 11) is -10.2. The van der Waals surface area contributed by atoms with Gasteiger partial charge in [-0.15, -0.1) is 0 Å². The summed E-state index contributed by atoms with van der Waals surface area (Å²) in [4.78, 5) is 50.0. The smallest absolute Gasteiger partial charge is 0.321 e. The predicted octanol–water partition coefficient (Wildman–Crippen LogP) is 0.814. The highest BCUT2D eigenvalue weighted by Crippen LogP contribution is 2.43. The molecule has 116 valence electrons. The number of ketones is 1. The Hall–Kier alpha value is -1.59. The third-order valence-corrected chi connectivity index (χ3v) is 5.30. The maximum absolute atomic E-state index is 11.9. The first-order valence-corrected chi connectivity index (χ1v) is 9.14. The standard InChI is InChI=1S/C13H12O7P2/c1-2-11(14)10-7-8-5-3-4-6-9(8)12(21(15,16)17)13(10)22(18,19)20/h2-7H,1H2,(H2,15,16,17)(H2,18,19,20). The van der Waals surface area contributed by atoms with Crippen LogP contribution in [0.15, 0.2) is 43.0 Å². The second kappa shape index (κ2) is 5.56. The number of allylic oxidation sites excluding steroid dienone is 1. The third-order valence-electron chi connectivity index (χ3n) is 3.03. The van der Waals surface area contributed by atoms with E-state index in [2.05, 4.69) is 6.58 Å². The van der Waals surface area contributed by atoms with E-state index >= 15 is 0 Å². The van der Waals surface area contributed by atoms with Gasteiger partial charge in [0.15, 0.2) is 5.78 Å². The van der Waals surface area contributed by atoms with Gasteiger partial charge in [-0.1, -0.05) is 30.8 Å². The van der Waals surface area contributed by atoms with Crippen LogP contribution in [0.5, 0.6) is 0 Å². The monoisotopic (exact) mass is 342 g/mol. The molecule has 2 aromatic carbocycles. The van der Waals surface area contributed by atoms with Crippen LogP contribution in [0.4, 0.5) is 0 Å². The predicted molar refractivity (Wildman–Crippen MR) is 81.8 cm³/mol. The van der Waals surface area contributed by atoms with Gasteiger partial charge in [-0.05, 0) is 22.9 Å². The van der Waals surface area contributed by atoms with Crippen molar-refractivity contribution in [1.82, 2.24) is 0 Å². The van der Waals surface area contributed by atoms with Crippen molar-refractivity contribution >= 4 is 42.4 Å². The molecule has 0 amide bonds. The molecule has 0 heterocycles. The Morgan fingerprint density at radius 3 is 2.05 bits per heavy atom. The quantitative estimate of drug-likeness (QED) is 0.367. The first-order valence-electron chi connectivity index (χ1n) is 5.92. The van der Waals surface area contributed by atoms with Crippen LogP contribution in [0.3, 0.4) is 0 Å². The first-order chi connectivity index (χ1) is 10.1. The van der Waals surface area contributed by atoms with Gasteiger partial charge in [-0.2, -0.15) is 0 Å². The molecule has 0 aliphatic carbocycles. The Morgan fingerprint density at radius 2 is 1.55 bits per heavy atom. The molecular weight excluding hydrogens is 330 g/mol. The maximum atomic E-state index is 11.9. The minimum atomic E-state index is -5.12. The summed E-state index contributed by atoms with van der Waals surface area (Å²) in [5, 5.41) is -1.52. The summed E-state index contributed by atoms with van der Waals surface area (Å²) in [5.74, 6) is -0.834. The zero-order valence-electron chi connectivity index (χ0n) is 11.1. The van der Waals surface area contributed by atoms with E-state index in [1.54, 1.807) is 6.07 Å². The highest BCUT2D eigenvalue weighted by Gasteiger charge is 2.36. The Balaban J connectivity index is 3.16.